The zero-order valence-electron chi connectivity index (χ0n) is 12.4. The molecule has 0 bridgehead atoms. The minimum Gasteiger partial charge on any atom is -0.496 e. The van der Waals surface area contributed by atoms with Crippen molar-refractivity contribution in [3.8, 4) is 5.75 Å². The van der Waals surface area contributed by atoms with Crippen LogP contribution >= 0.6 is 0 Å². The lowest BCUT2D eigenvalue weighted by Crippen LogP contribution is -2.09. The Kier molecular flexibility index (Phi) is 3.90. The molecule has 0 saturated heterocycles. The highest BCUT2D eigenvalue weighted by atomic mass is 16.5. The number of aromatic nitrogens is 2. The van der Waals surface area contributed by atoms with Gasteiger partial charge in [-0.3, -0.25) is 0 Å². The Morgan fingerprint density at radius 3 is 2.81 bits per heavy atom. The highest BCUT2D eigenvalue weighted by molar-refractivity contribution is 5.44. The Bertz CT molecular complexity index is 625. The number of methoxy groups -OCH3 is 1. The predicted molar refractivity (Wildman–Crippen MR) is 83.7 cm³/mol. The molecule has 1 saturated carbocycles. The molecule has 0 spiro atoms. The van der Waals surface area contributed by atoms with Crippen molar-refractivity contribution in [2.24, 2.45) is 0 Å². The van der Waals surface area contributed by atoms with E-state index in [0.29, 0.717) is 18.5 Å². The molecule has 0 amide bonds. The Hall–Kier alpha value is -2.30. The van der Waals surface area contributed by atoms with Gasteiger partial charge < -0.3 is 15.4 Å². The van der Waals surface area contributed by atoms with E-state index in [4.69, 9.17) is 4.74 Å². The maximum atomic E-state index is 5.35. The van der Waals surface area contributed by atoms with E-state index in [2.05, 4.69) is 20.6 Å². The highest BCUT2D eigenvalue weighted by Crippen LogP contribution is 2.24. The van der Waals surface area contributed by atoms with Crippen LogP contribution in [-0.4, -0.2) is 23.1 Å². The fraction of sp³-hybridized carbons (Fsp3) is 0.375. The molecule has 1 aliphatic carbocycles. The minimum atomic E-state index is 0.585. The number of hydrogen-bond donors (Lipinski definition) is 2. The van der Waals surface area contributed by atoms with Crippen LogP contribution in [0.1, 0.15) is 24.1 Å². The first kappa shape index (κ1) is 13.7. The van der Waals surface area contributed by atoms with Gasteiger partial charge in [-0.25, -0.2) is 4.98 Å². The molecule has 0 unspecified atom stereocenters. The quantitative estimate of drug-likeness (QED) is 0.854. The first-order valence-corrected chi connectivity index (χ1v) is 7.22. The minimum absolute atomic E-state index is 0.585. The SMILES string of the molecule is COc1ccccc1CNc1nc(C)cc(NC2CC2)n1. The zero-order chi connectivity index (χ0) is 14.7. The van der Waals surface area contributed by atoms with E-state index in [-0.39, 0.29) is 0 Å². The summed E-state index contributed by atoms with van der Waals surface area (Å²) in [5.41, 5.74) is 2.04. The molecule has 3 rings (SSSR count). The molecular weight excluding hydrogens is 264 g/mol. The lowest BCUT2D eigenvalue weighted by molar-refractivity contribution is 0.410. The number of para-hydroxylation sites is 1. The van der Waals surface area contributed by atoms with Crippen molar-refractivity contribution in [1.29, 1.82) is 0 Å². The van der Waals surface area contributed by atoms with Crippen LogP contribution in [0.3, 0.4) is 0 Å². The van der Waals surface area contributed by atoms with Crippen molar-refractivity contribution in [3.05, 3.63) is 41.6 Å². The van der Waals surface area contributed by atoms with E-state index in [0.717, 1.165) is 22.8 Å². The molecule has 110 valence electrons. The van der Waals surface area contributed by atoms with Gasteiger partial charge in [-0.15, -0.1) is 0 Å². The lowest BCUT2D eigenvalue weighted by atomic mass is 10.2. The van der Waals surface area contributed by atoms with Crippen molar-refractivity contribution in [2.45, 2.75) is 32.4 Å². The molecule has 1 aromatic heterocycles. The summed E-state index contributed by atoms with van der Waals surface area (Å²) in [4.78, 5) is 8.94. The number of benzene rings is 1. The number of anilines is 2. The summed E-state index contributed by atoms with van der Waals surface area (Å²) in [6.45, 7) is 2.62. The molecule has 5 heteroatoms. The Morgan fingerprint density at radius 1 is 1.24 bits per heavy atom. The van der Waals surface area contributed by atoms with Crippen molar-refractivity contribution >= 4 is 11.8 Å². The number of aryl methyl sites for hydroxylation is 1. The number of nitrogens with one attached hydrogen (secondary N) is 2. The second-order valence-electron chi connectivity index (χ2n) is 5.30. The van der Waals surface area contributed by atoms with E-state index in [9.17, 15) is 0 Å². The summed E-state index contributed by atoms with van der Waals surface area (Å²) < 4.78 is 5.35. The van der Waals surface area contributed by atoms with Crippen LogP contribution in [-0.2, 0) is 6.54 Å². The third kappa shape index (κ3) is 3.62. The van der Waals surface area contributed by atoms with Gasteiger partial charge in [0.15, 0.2) is 0 Å². The van der Waals surface area contributed by atoms with Crippen LogP contribution in [0.15, 0.2) is 30.3 Å². The number of nitrogens with zero attached hydrogens (tertiary/aromatic N) is 2. The van der Waals surface area contributed by atoms with Gasteiger partial charge in [-0.2, -0.15) is 4.98 Å². The van der Waals surface area contributed by atoms with Crippen LogP contribution in [0.25, 0.3) is 0 Å². The molecule has 2 aromatic rings. The fourth-order valence-electron chi connectivity index (χ4n) is 2.18. The molecule has 1 fully saturated rings. The zero-order valence-corrected chi connectivity index (χ0v) is 12.4. The van der Waals surface area contributed by atoms with Crippen LogP contribution in [0, 0.1) is 6.92 Å². The predicted octanol–water partition coefficient (Wildman–Crippen LogP) is 2.98. The number of hydrogen-bond acceptors (Lipinski definition) is 5. The summed E-state index contributed by atoms with van der Waals surface area (Å²) in [5, 5.41) is 6.67. The summed E-state index contributed by atoms with van der Waals surface area (Å²) in [6.07, 6.45) is 2.46. The third-order valence-corrected chi connectivity index (χ3v) is 3.41. The maximum Gasteiger partial charge on any atom is 0.225 e. The normalized spacial score (nSPS) is 13.8. The first-order valence-electron chi connectivity index (χ1n) is 7.22. The molecule has 1 aliphatic rings. The average molecular weight is 284 g/mol. The summed E-state index contributed by atoms with van der Waals surface area (Å²) in [5.74, 6) is 2.41. The molecule has 0 atom stereocenters. The largest absolute Gasteiger partial charge is 0.496 e. The third-order valence-electron chi connectivity index (χ3n) is 3.41. The topological polar surface area (TPSA) is 59.1 Å². The molecule has 21 heavy (non-hydrogen) atoms. The van der Waals surface area contributed by atoms with Crippen LogP contribution in [0.5, 0.6) is 5.75 Å². The van der Waals surface area contributed by atoms with Crippen molar-refractivity contribution in [1.82, 2.24) is 9.97 Å². The number of ether oxygens (including phenoxy) is 1. The average Bonchev–Trinajstić information content (AvgIpc) is 3.29. The standard InChI is InChI=1S/C16H20N4O/c1-11-9-15(19-13-7-8-13)20-16(18-11)17-10-12-5-3-4-6-14(12)21-2/h3-6,9,13H,7-8,10H2,1-2H3,(H2,17,18,19,20). The molecule has 0 aliphatic heterocycles. The van der Waals surface area contributed by atoms with Crippen LogP contribution < -0.4 is 15.4 Å². The Morgan fingerprint density at radius 2 is 2.05 bits per heavy atom. The van der Waals surface area contributed by atoms with Gasteiger partial charge in [0.05, 0.1) is 7.11 Å². The molecule has 2 N–H and O–H groups in total. The molecule has 1 heterocycles. The Balaban J connectivity index is 1.70. The van der Waals surface area contributed by atoms with Gasteiger partial charge in [0.2, 0.25) is 5.95 Å². The number of rotatable bonds is 6. The van der Waals surface area contributed by atoms with Crippen LogP contribution in [0.4, 0.5) is 11.8 Å². The summed E-state index contributed by atoms with van der Waals surface area (Å²) >= 11 is 0. The molecule has 5 nitrogen and oxygen atoms in total. The second kappa shape index (κ2) is 5.99. The monoisotopic (exact) mass is 284 g/mol. The first-order chi connectivity index (χ1) is 10.2. The maximum absolute atomic E-state index is 5.35. The lowest BCUT2D eigenvalue weighted by Gasteiger charge is -2.11. The van der Waals surface area contributed by atoms with Gasteiger partial charge in [-0.05, 0) is 25.8 Å². The van der Waals surface area contributed by atoms with Crippen molar-refractivity contribution in [2.75, 3.05) is 17.7 Å². The molecular formula is C16H20N4O. The van der Waals surface area contributed by atoms with Crippen molar-refractivity contribution < 1.29 is 4.74 Å². The fourth-order valence-corrected chi connectivity index (χ4v) is 2.18. The second-order valence-corrected chi connectivity index (χ2v) is 5.30. The van der Waals surface area contributed by atoms with Crippen LogP contribution in [0.2, 0.25) is 0 Å². The summed E-state index contributed by atoms with van der Waals surface area (Å²) in [6, 6.07) is 10.5. The van der Waals surface area contributed by atoms with Gasteiger partial charge in [0, 0.05) is 29.9 Å². The van der Waals surface area contributed by atoms with E-state index in [1.165, 1.54) is 12.8 Å². The van der Waals surface area contributed by atoms with E-state index in [1.54, 1.807) is 7.11 Å². The van der Waals surface area contributed by atoms with Gasteiger partial charge >= 0.3 is 0 Å². The summed E-state index contributed by atoms with van der Waals surface area (Å²) in [7, 11) is 1.68. The molecule has 1 aromatic carbocycles. The van der Waals surface area contributed by atoms with E-state index < -0.39 is 0 Å². The Labute approximate surface area is 124 Å². The highest BCUT2D eigenvalue weighted by Gasteiger charge is 2.21. The van der Waals surface area contributed by atoms with Gasteiger partial charge in [-0.1, -0.05) is 18.2 Å². The van der Waals surface area contributed by atoms with Gasteiger partial charge in [0.1, 0.15) is 11.6 Å². The smallest absolute Gasteiger partial charge is 0.225 e. The van der Waals surface area contributed by atoms with E-state index in [1.807, 2.05) is 37.3 Å². The molecule has 0 radical (unpaired) electrons. The van der Waals surface area contributed by atoms with E-state index >= 15 is 0 Å². The van der Waals surface area contributed by atoms with Gasteiger partial charge in [0.25, 0.3) is 0 Å². The van der Waals surface area contributed by atoms with Crippen molar-refractivity contribution in [3.63, 3.8) is 0 Å².